The lowest BCUT2D eigenvalue weighted by molar-refractivity contribution is -0.0287. The van der Waals surface area contributed by atoms with Gasteiger partial charge >= 0.3 is 0 Å². The molecule has 13 unspecified atom stereocenters. The average Bonchev–Trinajstić information content (AvgIpc) is 3.89. The first kappa shape index (κ1) is 44.5. The molecule has 9 aliphatic carbocycles. The van der Waals surface area contributed by atoms with E-state index in [9.17, 15) is 0 Å². The molecule has 0 amide bonds. The third kappa shape index (κ3) is 7.40. The maximum absolute atomic E-state index is 3.47. The average molecular weight is 917 g/mol. The van der Waals surface area contributed by atoms with Gasteiger partial charge in [0.25, 0.3) is 0 Å². The molecule has 7 fully saturated rings. The van der Waals surface area contributed by atoms with Gasteiger partial charge < -0.3 is 9.80 Å². The predicted molar refractivity (Wildman–Crippen MR) is 284 cm³/mol. The van der Waals surface area contributed by atoms with Gasteiger partial charge in [0.15, 0.2) is 6.71 Å². The highest BCUT2D eigenvalue weighted by Crippen LogP contribution is 2.74. The Morgan fingerprint density at radius 3 is 2.28 bits per heavy atom. The SMILES string of the molecule is CC1(C)N2C3CC(N(C4=CCCCC4)C4CC=CCC4)=CC4C3B(C3CC(N(C5=CC=CCC5)C5C=CC=CC5)SC3N4C3C=CC=CC3)C3CC(C4CCCCC4)CC(C32)C12CCCCC2. The van der Waals surface area contributed by atoms with Crippen LogP contribution in [0, 0.1) is 23.2 Å². The van der Waals surface area contributed by atoms with Gasteiger partial charge in [-0.1, -0.05) is 137 Å². The van der Waals surface area contributed by atoms with E-state index in [0.717, 1.165) is 55.0 Å². The topological polar surface area (TPSA) is 13.0 Å². The van der Waals surface area contributed by atoms with E-state index in [0.29, 0.717) is 52.2 Å². The third-order valence-corrected chi connectivity index (χ3v) is 23.5. The highest BCUT2D eigenvalue weighted by molar-refractivity contribution is 8.00. The molecule has 0 aromatic rings. The van der Waals surface area contributed by atoms with E-state index in [1.165, 1.54) is 141 Å². The summed E-state index contributed by atoms with van der Waals surface area (Å²) in [6.07, 6.45) is 72.0. The van der Waals surface area contributed by atoms with Crippen LogP contribution < -0.4 is 0 Å². The van der Waals surface area contributed by atoms with E-state index in [4.69, 9.17) is 0 Å². The molecule has 0 N–H and O–H groups in total. The van der Waals surface area contributed by atoms with E-state index < -0.39 is 0 Å². The van der Waals surface area contributed by atoms with Crippen LogP contribution in [-0.2, 0) is 0 Å². The van der Waals surface area contributed by atoms with Crippen LogP contribution in [0.5, 0.6) is 0 Å². The Bertz CT molecular complexity index is 2130. The minimum atomic E-state index is 0.217. The number of hydrogen-bond donors (Lipinski definition) is 0. The minimum Gasteiger partial charge on any atom is -0.356 e. The number of allylic oxidation sites excluding steroid dienone is 11. The summed E-state index contributed by atoms with van der Waals surface area (Å²) in [6, 6.07) is 3.33. The van der Waals surface area contributed by atoms with Crippen LogP contribution in [0.4, 0.5) is 0 Å². The summed E-state index contributed by atoms with van der Waals surface area (Å²) in [5, 5.41) is 1.05. The molecular weight excluding hydrogens is 832 g/mol. The van der Waals surface area contributed by atoms with Crippen LogP contribution in [0.25, 0.3) is 0 Å². The van der Waals surface area contributed by atoms with Crippen LogP contribution >= 0.6 is 11.8 Å². The lowest BCUT2D eigenvalue weighted by Gasteiger charge is -2.66. The first-order chi connectivity index (χ1) is 33.0. The largest absolute Gasteiger partial charge is 0.356 e. The van der Waals surface area contributed by atoms with Crippen LogP contribution in [-0.4, -0.2) is 78.9 Å². The van der Waals surface area contributed by atoms with E-state index >= 15 is 0 Å². The number of thioether (sulfide) groups is 1. The van der Waals surface area contributed by atoms with Crippen molar-refractivity contribution in [1.82, 2.24) is 19.6 Å². The fraction of sp³-hybridized carbons (Fsp3) is 0.705. The zero-order chi connectivity index (χ0) is 44.7. The second-order valence-electron chi connectivity index (χ2n) is 25.0. The maximum atomic E-state index is 3.47. The lowest BCUT2D eigenvalue weighted by Crippen LogP contribution is -2.72. The van der Waals surface area contributed by atoms with Crippen molar-refractivity contribution in [3.05, 3.63) is 108 Å². The normalized spacial score (nSPS) is 41.9. The summed E-state index contributed by atoms with van der Waals surface area (Å²) >= 11 is 2.46. The molecule has 4 saturated heterocycles. The Morgan fingerprint density at radius 1 is 0.687 bits per heavy atom. The maximum Gasteiger partial charge on any atom is 0.158 e. The van der Waals surface area contributed by atoms with Crippen molar-refractivity contribution >= 4 is 18.5 Å². The summed E-state index contributed by atoms with van der Waals surface area (Å²) in [7, 11) is 0. The number of hydrogen-bond acceptors (Lipinski definition) is 5. The van der Waals surface area contributed by atoms with Crippen LogP contribution in [0.2, 0.25) is 17.5 Å². The minimum absolute atomic E-state index is 0.217. The van der Waals surface area contributed by atoms with Gasteiger partial charge in [-0.05, 0) is 163 Å². The van der Waals surface area contributed by atoms with Gasteiger partial charge in [0, 0.05) is 59.3 Å². The first-order valence-electron chi connectivity index (χ1n) is 28.9. The molecule has 0 bridgehead atoms. The summed E-state index contributed by atoms with van der Waals surface area (Å²) in [5.41, 5.74) is 5.70. The fourth-order valence-electron chi connectivity index (χ4n) is 19.4. The highest BCUT2D eigenvalue weighted by atomic mass is 32.2. The van der Waals surface area contributed by atoms with E-state index in [1.54, 1.807) is 23.5 Å². The smallest absolute Gasteiger partial charge is 0.158 e. The third-order valence-electron chi connectivity index (χ3n) is 21.9. The fourth-order valence-corrected chi connectivity index (χ4v) is 21.4. The molecule has 0 radical (unpaired) electrons. The molecule has 4 heterocycles. The molecule has 1 spiro atoms. The van der Waals surface area contributed by atoms with Gasteiger partial charge in [-0.2, -0.15) is 0 Å². The number of nitrogens with zero attached hydrogens (tertiary/aromatic N) is 4. The number of fused-ring (bicyclic) bond motifs is 5. The Hall–Kier alpha value is -2.41. The lowest BCUT2D eigenvalue weighted by atomic mass is 9.19. The van der Waals surface area contributed by atoms with Crippen molar-refractivity contribution in [2.45, 2.75) is 244 Å². The van der Waals surface area contributed by atoms with Crippen molar-refractivity contribution in [3.63, 3.8) is 0 Å². The van der Waals surface area contributed by atoms with E-state index in [2.05, 4.69) is 136 Å². The zero-order valence-electron chi connectivity index (χ0n) is 41.7. The van der Waals surface area contributed by atoms with E-state index in [1.807, 2.05) is 0 Å². The van der Waals surface area contributed by atoms with Crippen LogP contribution in [0.15, 0.2) is 108 Å². The first-order valence-corrected chi connectivity index (χ1v) is 29.8. The summed E-state index contributed by atoms with van der Waals surface area (Å²) < 4.78 is 0. The Kier molecular flexibility index (Phi) is 12.2. The standard InChI is InChI=1S/C61H85BN4S/c1-60(2)61(36-22-9-23-37-61)51-38-44(43-24-10-3-11-25-43)39-52-58(51)66(60)55-41-50(63(45-26-12-4-13-27-45)46-28-14-5-15-29-46)40-54-57(55)62(52)53-42-56(67-59(53)65(54)49-34-20-8-21-35-49)64(47-30-16-6-17-31-47)48-32-18-7-19-33-48/h4,6-8,12,16-18,20-21,28,30,32,34,40,43-45,47,49,51-59H,3,5,9-11,13-15,19,22-27,29,31,33,35-39,41-42H2,1-2H3. The van der Waals surface area contributed by atoms with Crippen LogP contribution in [0.1, 0.15) is 174 Å². The molecule has 67 heavy (non-hydrogen) atoms. The van der Waals surface area contributed by atoms with Gasteiger partial charge in [0.2, 0.25) is 0 Å². The van der Waals surface area contributed by atoms with E-state index in [-0.39, 0.29) is 5.54 Å². The zero-order valence-corrected chi connectivity index (χ0v) is 42.5. The van der Waals surface area contributed by atoms with Gasteiger partial charge in [0.1, 0.15) is 0 Å². The Labute approximate surface area is 411 Å². The van der Waals surface area contributed by atoms with Crippen molar-refractivity contribution in [1.29, 1.82) is 0 Å². The van der Waals surface area contributed by atoms with Crippen molar-refractivity contribution in [2.75, 3.05) is 0 Å². The second kappa shape index (κ2) is 18.3. The van der Waals surface area contributed by atoms with Crippen LogP contribution in [0.3, 0.4) is 0 Å². The Balaban J connectivity index is 0.998. The predicted octanol–water partition coefficient (Wildman–Crippen LogP) is 14.9. The molecule has 0 aromatic carbocycles. The molecule has 13 aliphatic rings. The molecular formula is C61H85BN4S. The molecule has 6 heteroatoms. The molecule has 358 valence electrons. The van der Waals surface area contributed by atoms with Crippen molar-refractivity contribution in [3.8, 4) is 0 Å². The second-order valence-corrected chi connectivity index (χ2v) is 26.3. The molecule has 4 aliphatic heterocycles. The number of rotatable bonds is 8. The molecule has 0 aromatic heterocycles. The highest BCUT2D eigenvalue weighted by Gasteiger charge is 2.75. The quantitative estimate of drug-likeness (QED) is 0.177. The molecule has 13 atom stereocenters. The monoisotopic (exact) mass is 917 g/mol. The van der Waals surface area contributed by atoms with Crippen molar-refractivity contribution in [2.24, 2.45) is 23.2 Å². The Morgan fingerprint density at radius 2 is 1.54 bits per heavy atom. The summed E-state index contributed by atoms with van der Waals surface area (Å²) in [4.78, 5) is 12.8. The summed E-state index contributed by atoms with van der Waals surface area (Å²) in [5.74, 6) is 5.00. The molecule has 13 rings (SSSR count). The van der Waals surface area contributed by atoms with Gasteiger partial charge in [0.05, 0.1) is 16.8 Å². The summed E-state index contributed by atoms with van der Waals surface area (Å²) in [6.45, 7) is 6.52. The van der Waals surface area contributed by atoms with Gasteiger partial charge in [-0.25, -0.2) is 0 Å². The van der Waals surface area contributed by atoms with Gasteiger partial charge in [-0.3, -0.25) is 9.80 Å². The molecule has 3 saturated carbocycles. The molecule has 4 nitrogen and oxygen atoms in total. The van der Waals surface area contributed by atoms with Gasteiger partial charge in [-0.15, -0.1) is 11.8 Å². The van der Waals surface area contributed by atoms with Crippen molar-refractivity contribution < 1.29 is 0 Å².